The first-order valence-electron chi connectivity index (χ1n) is 28.1. The summed E-state index contributed by atoms with van der Waals surface area (Å²) in [6.45, 7) is 36.7. The molecule has 2 heterocycles. The quantitative estimate of drug-likeness (QED) is 0.178. The Hall–Kier alpha value is -6.00. The van der Waals surface area contributed by atoms with Crippen LogP contribution in [0.5, 0.6) is 0 Å². The number of nitrogens with one attached hydrogen (secondary N) is 1. The highest BCUT2D eigenvalue weighted by molar-refractivity contribution is 6.74. The molecule has 1 N–H and O–H groups in total. The normalized spacial score (nSPS) is 20.3. The van der Waals surface area contributed by atoms with Crippen molar-refractivity contribution in [2.75, 3.05) is 10.2 Å². The highest BCUT2D eigenvalue weighted by Crippen LogP contribution is 2.56. The summed E-state index contributed by atoms with van der Waals surface area (Å²) in [5.41, 5.74) is 29.1. The molecule has 0 radical (unpaired) electrons. The minimum absolute atomic E-state index is 0.00775. The van der Waals surface area contributed by atoms with Crippen LogP contribution in [0.1, 0.15) is 186 Å². The number of anilines is 5. The summed E-state index contributed by atoms with van der Waals surface area (Å²) < 4.78 is 7.19. The first kappa shape index (κ1) is 47.7. The van der Waals surface area contributed by atoms with Crippen molar-refractivity contribution in [3.63, 3.8) is 0 Å². The number of furan rings is 1. The fourth-order valence-corrected chi connectivity index (χ4v) is 15.0. The predicted molar refractivity (Wildman–Crippen MR) is 318 cm³/mol. The van der Waals surface area contributed by atoms with Gasteiger partial charge in [-0.3, -0.25) is 0 Å². The molecule has 0 spiro atoms. The van der Waals surface area contributed by atoms with Gasteiger partial charge >= 0.3 is 0 Å². The molecule has 0 atom stereocenters. The standard InChI is InChI=1S/C70H77BN2O/c1-40-32-49-53(69(12,13)31-28-65(49,4)5)38-56(40)73-57-37-48-44(42-20-16-18-22-46(42)70(48,14)15)35-54(57)71-63-58(73)39-60-61(43-21-17-19-23-59(43)74-60)62(63)45-34-51-52(68(10,11)30-29-67(51,8)9)36-55(45)72-41-24-25-47-50(33-41)66(6,7)27-26-64(47,2)3/h16-25,32-39,71-72H,26-31H2,1-15H3. The van der Waals surface area contributed by atoms with Gasteiger partial charge in [0, 0.05) is 56.3 Å². The first-order chi connectivity index (χ1) is 34.8. The topological polar surface area (TPSA) is 28.4 Å². The van der Waals surface area contributed by atoms with E-state index in [2.05, 4.69) is 223 Å². The summed E-state index contributed by atoms with van der Waals surface area (Å²) in [7, 11) is 0.790. The molecule has 1 aliphatic heterocycles. The molecule has 0 bridgehead atoms. The van der Waals surface area contributed by atoms with Gasteiger partial charge in [-0.1, -0.05) is 163 Å². The third kappa shape index (κ3) is 6.84. The molecule has 5 aliphatic rings. The highest BCUT2D eigenvalue weighted by Gasteiger charge is 2.44. The molecule has 74 heavy (non-hydrogen) atoms. The van der Waals surface area contributed by atoms with E-state index in [1.165, 1.54) is 131 Å². The molecule has 3 nitrogen and oxygen atoms in total. The maximum atomic E-state index is 7.19. The monoisotopic (exact) mass is 973 g/mol. The second-order valence-electron chi connectivity index (χ2n) is 28.2. The number of aryl methyl sites for hydroxylation is 1. The molecule has 0 saturated carbocycles. The van der Waals surface area contributed by atoms with Gasteiger partial charge in [0.15, 0.2) is 7.28 Å². The lowest BCUT2D eigenvalue weighted by molar-refractivity contribution is 0.332. The molecule has 0 unspecified atom stereocenters. The second-order valence-corrected chi connectivity index (χ2v) is 28.2. The molecule has 1 aromatic heterocycles. The Labute approximate surface area is 442 Å². The minimum Gasteiger partial charge on any atom is -0.456 e. The van der Waals surface area contributed by atoms with E-state index in [1.807, 2.05) is 0 Å². The lowest BCUT2D eigenvalue weighted by Crippen LogP contribution is -2.42. The van der Waals surface area contributed by atoms with Crippen LogP contribution in [0.4, 0.5) is 28.4 Å². The third-order valence-corrected chi connectivity index (χ3v) is 20.2. The Bertz CT molecular complexity index is 3740. The number of para-hydroxylation sites is 1. The highest BCUT2D eigenvalue weighted by atomic mass is 16.3. The van der Waals surface area contributed by atoms with Gasteiger partial charge in [0.05, 0.1) is 0 Å². The predicted octanol–water partition coefficient (Wildman–Crippen LogP) is 17.8. The molecule has 4 aliphatic carbocycles. The minimum atomic E-state index is -0.149. The van der Waals surface area contributed by atoms with Crippen molar-refractivity contribution in [2.24, 2.45) is 0 Å². The molecule has 0 amide bonds. The Morgan fingerprint density at radius 3 is 1.68 bits per heavy atom. The molecule has 8 aromatic rings. The van der Waals surface area contributed by atoms with Crippen LogP contribution in [0.3, 0.4) is 0 Å². The van der Waals surface area contributed by atoms with E-state index in [0.717, 1.165) is 48.8 Å². The van der Waals surface area contributed by atoms with Crippen molar-refractivity contribution in [2.45, 2.75) is 180 Å². The van der Waals surface area contributed by atoms with Crippen LogP contribution in [0.2, 0.25) is 0 Å². The van der Waals surface area contributed by atoms with Gasteiger partial charge in [0.2, 0.25) is 0 Å². The van der Waals surface area contributed by atoms with Crippen LogP contribution < -0.4 is 21.1 Å². The number of hydrogen-bond donors (Lipinski definition) is 1. The Morgan fingerprint density at radius 1 is 0.446 bits per heavy atom. The molecule has 0 fully saturated rings. The van der Waals surface area contributed by atoms with E-state index in [9.17, 15) is 0 Å². The van der Waals surface area contributed by atoms with Crippen LogP contribution in [0.15, 0.2) is 114 Å². The zero-order chi connectivity index (χ0) is 52.0. The van der Waals surface area contributed by atoms with Crippen LogP contribution in [-0.4, -0.2) is 7.28 Å². The SMILES string of the molecule is Cc1cc2c(cc1N1c3cc4c(cc3Bc3c1cc1oc5ccccc5c1c3-c1cc3c(cc1Nc1ccc5c(c1)C(C)(C)CCC5(C)C)C(C)(C)CCC3(C)C)-c1ccccc1C4(C)C)C(C)(C)CCC2(C)C. The number of rotatable bonds is 4. The van der Waals surface area contributed by atoms with Crippen LogP contribution in [0, 0.1) is 6.92 Å². The fraction of sp³-hybridized carbons (Fsp3) is 0.400. The van der Waals surface area contributed by atoms with Gasteiger partial charge in [-0.2, -0.15) is 0 Å². The van der Waals surface area contributed by atoms with Crippen molar-refractivity contribution in [3.05, 3.63) is 159 Å². The molecular formula is C70H77BN2O. The summed E-state index contributed by atoms with van der Waals surface area (Å²) in [5.74, 6) is 0. The van der Waals surface area contributed by atoms with Crippen LogP contribution >= 0.6 is 0 Å². The first-order valence-corrected chi connectivity index (χ1v) is 28.1. The van der Waals surface area contributed by atoms with Crippen LogP contribution in [0.25, 0.3) is 44.2 Å². The largest absolute Gasteiger partial charge is 0.456 e. The summed E-state index contributed by atoms with van der Waals surface area (Å²) in [5, 5.41) is 6.61. The number of nitrogens with zero attached hydrogens (tertiary/aromatic N) is 1. The van der Waals surface area contributed by atoms with Gasteiger partial charge in [-0.25, -0.2) is 0 Å². The van der Waals surface area contributed by atoms with Crippen molar-refractivity contribution in [1.29, 1.82) is 0 Å². The lowest BCUT2D eigenvalue weighted by Gasteiger charge is -2.44. The molecule has 376 valence electrons. The molecule has 4 heteroatoms. The number of benzene rings is 7. The Balaban J connectivity index is 1.14. The van der Waals surface area contributed by atoms with E-state index >= 15 is 0 Å². The van der Waals surface area contributed by atoms with E-state index in [0.29, 0.717) is 0 Å². The summed E-state index contributed by atoms with van der Waals surface area (Å²) >= 11 is 0. The number of hydrogen-bond acceptors (Lipinski definition) is 3. The molecule has 7 aromatic carbocycles. The average molecular weight is 973 g/mol. The van der Waals surface area contributed by atoms with Gasteiger partial charge in [0.25, 0.3) is 0 Å². The van der Waals surface area contributed by atoms with Crippen molar-refractivity contribution in [1.82, 2.24) is 0 Å². The van der Waals surface area contributed by atoms with E-state index < -0.39 is 0 Å². The third-order valence-electron chi connectivity index (χ3n) is 20.2. The number of fused-ring (bicyclic) bond motifs is 11. The van der Waals surface area contributed by atoms with Gasteiger partial charge in [-0.05, 0) is 193 Å². The summed E-state index contributed by atoms with van der Waals surface area (Å²) in [4.78, 5) is 2.68. The van der Waals surface area contributed by atoms with Gasteiger partial charge < -0.3 is 14.6 Å². The Morgan fingerprint density at radius 2 is 1.00 bits per heavy atom. The fourth-order valence-electron chi connectivity index (χ4n) is 15.0. The van der Waals surface area contributed by atoms with Gasteiger partial charge in [0.1, 0.15) is 11.2 Å². The van der Waals surface area contributed by atoms with Crippen LogP contribution in [-0.2, 0) is 37.9 Å². The molecule has 13 rings (SSSR count). The second kappa shape index (κ2) is 15.3. The maximum Gasteiger partial charge on any atom is 0.198 e. The lowest BCUT2D eigenvalue weighted by atomic mass is 9.56. The molecular weight excluding hydrogens is 896 g/mol. The maximum absolute atomic E-state index is 7.19. The van der Waals surface area contributed by atoms with Crippen molar-refractivity contribution in [3.8, 4) is 22.3 Å². The Kier molecular flexibility index (Phi) is 9.88. The smallest absolute Gasteiger partial charge is 0.198 e. The zero-order valence-electron chi connectivity index (χ0n) is 47.2. The average Bonchev–Trinajstić information content (AvgIpc) is 3.85. The van der Waals surface area contributed by atoms with E-state index in [-0.39, 0.29) is 37.9 Å². The van der Waals surface area contributed by atoms with E-state index in [4.69, 9.17) is 4.42 Å². The van der Waals surface area contributed by atoms with E-state index in [1.54, 1.807) is 0 Å². The van der Waals surface area contributed by atoms with Crippen molar-refractivity contribution >= 4 is 68.6 Å². The van der Waals surface area contributed by atoms with Crippen molar-refractivity contribution < 1.29 is 4.42 Å². The van der Waals surface area contributed by atoms with Gasteiger partial charge in [-0.15, -0.1) is 0 Å². The zero-order valence-corrected chi connectivity index (χ0v) is 47.2. The summed E-state index contributed by atoms with van der Waals surface area (Å²) in [6, 6.07) is 43.2. The summed E-state index contributed by atoms with van der Waals surface area (Å²) in [6.07, 6.45) is 7.00. The molecule has 0 saturated heterocycles.